The maximum absolute atomic E-state index is 12.7. The van der Waals surface area contributed by atoms with E-state index in [9.17, 15) is 26.7 Å². The van der Waals surface area contributed by atoms with Crippen molar-refractivity contribution < 1.29 is 36.2 Å². The van der Waals surface area contributed by atoms with Gasteiger partial charge in [0, 0.05) is 5.56 Å². The molecule has 0 saturated carbocycles. The van der Waals surface area contributed by atoms with Gasteiger partial charge in [-0.05, 0) is 35.9 Å². The zero-order chi connectivity index (χ0) is 19.3. The summed E-state index contributed by atoms with van der Waals surface area (Å²) in [5.74, 6) is -0.786. The minimum absolute atomic E-state index is 0.0268. The van der Waals surface area contributed by atoms with Crippen molar-refractivity contribution in [2.45, 2.75) is 12.8 Å². The molecule has 0 aliphatic rings. The lowest BCUT2D eigenvalue weighted by Crippen LogP contribution is -2.06. The van der Waals surface area contributed by atoms with Crippen molar-refractivity contribution in [1.82, 2.24) is 0 Å². The first-order chi connectivity index (χ1) is 12.2. The van der Waals surface area contributed by atoms with E-state index in [0.29, 0.717) is 5.56 Å². The molecular formula is C18H13F5O3. The summed E-state index contributed by atoms with van der Waals surface area (Å²) in [6, 6.07) is 8.02. The highest BCUT2D eigenvalue weighted by atomic mass is 19.4. The number of ether oxygens (including phenoxy) is 2. The fraction of sp³-hybridized carbons (Fsp3) is 0.167. The van der Waals surface area contributed by atoms with Gasteiger partial charge in [0.2, 0.25) is 0 Å². The number of benzene rings is 2. The van der Waals surface area contributed by atoms with Gasteiger partial charge < -0.3 is 9.47 Å². The molecule has 0 fully saturated rings. The third-order valence-electron chi connectivity index (χ3n) is 3.31. The highest BCUT2D eigenvalue weighted by Gasteiger charge is 2.30. The summed E-state index contributed by atoms with van der Waals surface area (Å²) in [7, 11) is 1.26. The molecule has 0 bridgehead atoms. The number of hydrogen-bond donors (Lipinski definition) is 0. The molecule has 0 spiro atoms. The van der Waals surface area contributed by atoms with Crippen LogP contribution in [-0.4, -0.2) is 19.5 Å². The van der Waals surface area contributed by atoms with Gasteiger partial charge in [-0.1, -0.05) is 24.3 Å². The number of ketones is 1. The molecule has 0 aliphatic heterocycles. The van der Waals surface area contributed by atoms with Crippen LogP contribution in [0.25, 0.3) is 6.08 Å². The predicted octanol–water partition coefficient (Wildman–Crippen LogP) is 5.21. The summed E-state index contributed by atoms with van der Waals surface area (Å²) in [6.07, 6.45) is -2.14. The Morgan fingerprint density at radius 3 is 2.42 bits per heavy atom. The fourth-order valence-corrected chi connectivity index (χ4v) is 2.10. The SMILES string of the molecule is COc1cc(/C=C/C(=O)c2cccc(C(F)(F)F)c2)ccc1OC(F)F. The minimum Gasteiger partial charge on any atom is -0.493 e. The van der Waals surface area contributed by atoms with Crippen LogP contribution in [0, 0.1) is 0 Å². The quantitative estimate of drug-likeness (QED) is 0.397. The number of carbonyl (C=O) groups excluding carboxylic acids is 1. The van der Waals surface area contributed by atoms with E-state index >= 15 is 0 Å². The molecule has 0 atom stereocenters. The highest BCUT2D eigenvalue weighted by Crippen LogP contribution is 2.31. The molecule has 0 aliphatic carbocycles. The van der Waals surface area contributed by atoms with Gasteiger partial charge >= 0.3 is 12.8 Å². The standard InChI is InChI=1S/C18H13F5O3/c1-25-16-9-11(6-8-15(16)26-17(19)20)5-7-14(24)12-3-2-4-13(10-12)18(21,22)23/h2-10,17H,1H3/b7-5+. The number of hydrogen-bond acceptors (Lipinski definition) is 3. The molecule has 2 rings (SSSR count). The van der Waals surface area contributed by atoms with E-state index in [2.05, 4.69) is 4.74 Å². The number of carbonyl (C=O) groups is 1. The molecule has 0 aromatic heterocycles. The monoisotopic (exact) mass is 372 g/mol. The van der Waals surface area contributed by atoms with Crippen LogP contribution in [0.3, 0.4) is 0 Å². The van der Waals surface area contributed by atoms with Crippen LogP contribution in [0.1, 0.15) is 21.5 Å². The number of methoxy groups -OCH3 is 1. The van der Waals surface area contributed by atoms with Crippen LogP contribution in [0.15, 0.2) is 48.5 Å². The zero-order valence-electron chi connectivity index (χ0n) is 13.4. The van der Waals surface area contributed by atoms with E-state index in [1.165, 1.54) is 37.5 Å². The smallest absolute Gasteiger partial charge is 0.416 e. The van der Waals surface area contributed by atoms with Crippen LogP contribution in [0.2, 0.25) is 0 Å². The van der Waals surface area contributed by atoms with Gasteiger partial charge in [-0.2, -0.15) is 22.0 Å². The first kappa shape index (κ1) is 19.4. The van der Waals surface area contributed by atoms with Crippen molar-refractivity contribution in [3.05, 3.63) is 65.2 Å². The Balaban J connectivity index is 2.20. The maximum Gasteiger partial charge on any atom is 0.416 e. The zero-order valence-corrected chi connectivity index (χ0v) is 13.4. The van der Waals surface area contributed by atoms with Gasteiger partial charge in [-0.15, -0.1) is 0 Å². The summed E-state index contributed by atoms with van der Waals surface area (Å²) >= 11 is 0. The van der Waals surface area contributed by atoms with E-state index in [0.717, 1.165) is 24.3 Å². The molecule has 0 heterocycles. The Morgan fingerprint density at radius 2 is 1.81 bits per heavy atom. The summed E-state index contributed by atoms with van der Waals surface area (Å²) in [6.45, 7) is -3.02. The second-order valence-electron chi connectivity index (χ2n) is 5.06. The average Bonchev–Trinajstić information content (AvgIpc) is 2.59. The lowest BCUT2D eigenvalue weighted by Gasteiger charge is -2.10. The van der Waals surface area contributed by atoms with Crippen LogP contribution < -0.4 is 9.47 Å². The maximum atomic E-state index is 12.7. The molecule has 0 N–H and O–H groups in total. The lowest BCUT2D eigenvalue weighted by atomic mass is 10.1. The number of allylic oxidation sites excluding steroid dienone is 1. The Hall–Kier alpha value is -2.90. The second kappa shape index (κ2) is 7.99. The first-order valence-electron chi connectivity index (χ1n) is 7.23. The number of rotatable bonds is 6. The molecule has 2 aromatic rings. The molecule has 138 valence electrons. The van der Waals surface area contributed by atoms with Gasteiger partial charge in [-0.25, -0.2) is 0 Å². The number of halogens is 5. The summed E-state index contributed by atoms with van der Waals surface area (Å²) < 4.78 is 71.8. The summed E-state index contributed by atoms with van der Waals surface area (Å²) in [4.78, 5) is 12.1. The molecular weight excluding hydrogens is 359 g/mol. The largest absolute Gasteiger partial charge is 0.493 e. The summed E-state index contributed by atoms with van der Waals surface area (Å²) in [5, 5.41) is 0. The minimum atomic E-state index is -4.55. The Kier molecular flexibility index (Phi) is 5.97. The van der Waals surface area contributed by atoms with Crippen molar-refractivity contribution in [2.24, 2.45) is 0 Å². The molecule has 0 amide bonds. The van der Waals surface area contributed by atoms with Gasteiger partial charge in [-0.3, -0.25) is 4.79 Å². The molecule has 0 unspecified atom stereocenters. The van der Waals surface area contributed by atoms with E-state index in [-0.39, 0.29) is 17.1 Å². The van der Waals surface area contributed by atoms with Crippen molar-refractivity contribution in [2.75, 3.05) is 7.11 Å². The predicted molar refractivity (Wildman–Crippen MR) is 84.4 cm³/mol. The molecule has 3 nitrogen and oxygen atoms in total. The topological polar surface area (TPSA) is 35.5 Å². The summed E-state index contributed by atoms with van der Waals surface area (Å²) in [5.41, 5.74) is -0.628. The van der Waals surface area contributed by atoms with Crippen molar-refractivity contribution >= 4 is 11.9 Å². The molecule has 26 heavy (non-hydrogen) atoms. The van der Waals surface area contributed by atoms with E-state index in [4.69, 9.17) is 4.74 Å². The molecule has 8 heteroatoms. The molecule has 0 radical (unpaired) electrons. The third kappa shape index (κ3) is 5.05. The molecule has 0 saturated heterocycles. The Labute approximate surface area is 145 Å². The lowest BCUT2D eigenvalue weighted by molar-refractivity contribution is -0.137. The van der Waals surface area contributed by atoms with E-state index in [1.807, 2.05) is 0 Å². The van der Waals surface area contributed by atoms with Crippen molar-refractivity contribution in [3.63, 3.8) is 0 Å². The highest BCUT2D eigenvalue weighted by molar-refractivity contribution is 6.06. The first-order valence-corrected chi connectivity index (χ1v) is 7.23. The van der Waals surface area contributed by atoms with Gasteiger partial charge in [0.1, 0.15) is 0 Å². The van der Waals surface area contributed by atoms with E-state index < -0.39 is 24.1 Å². The fourth-order valence-electron chi connectivity index (χ4n) is 2.10. The van der Waals surface area contributed by atoms with Crippen molar-refractivity contribution in [1.29, 1.82) is 0 Å². The normalized spacial score (nSPS) is 11.8. The van der Waals surface area contributed by atoms with Crippen LogP contribution >= 0.6 is 0 Å². The Bertz CT molecular complexity index is 813. The van der Waals surface area contributed by atoms with E-state index in [1.54, 1.807) is 0 Å². The van der Waals surface area contributed by atoms with Gasteiger partial charge in [0.05, 0.1) is 12.7 Å². The van der Waals surface area contributed by atoms with Crippen LogP contribution in [0.4, 0.5) is 22.0 Å². The van der Waals surface area contributed by atoms with Gasteiger partial charge in [0.15, 0.2) is 17.3 Å². The second-order valence-corrected chi connectivity index (χ2v) is 5.06. The average molecular weight is 372 g/mol. The van der Waals surface area contributed by atoms with Crippen LogP contribution in [0.5, 0.6) is 11.5 Å². The molecule has 2 aromatic carbocycles. The number of alkyl halides is 5. The van der Waals surface area contributed by atoms with Crippen LogP contribution in [-0.2, 0) is 6.18 Å². The Morgan fingerprint density at radius 1 is 1.08 bits per heavy atom. The van der Waals surface area contributed by atoms with Crippen molar-refractivity contribution in [3.8, 4) is 11.5 Å². The van der Waals surface area contributed by atoms with Gasteiger partial charge in [0.25, 0.3) is 0 Å². The third-order valence-corrected chi connectivity index (χ3v) is 3.31.